The SMILES string of the molecule is c1ccc(-c2ccccc2-c2cc(-c3ccc4c(c3)-c3ccccc3-c3ccccc3C43c4ccccc4-c4ccccc43)nc(-c3ccc4c(c3)oc3ccccc34)n2)cc1. The fourth-order valence-corrected chi connectivity index (χ4v) is 10.5. The molecule has 0 atom stereocenters. The van der Waals surface area contributed by atoms with E-state index in [1.54, 1.807) is 0 Å². The summed E-state index contributed by atoms with van der Waals surface area (Å²) >= 11 is 0. The second-order valence-corrected chi connectivity index (χ2v) is 16.4. The van der Waals surface area contributed by atoms with Gasteiger partial charge >= 0.3 is 0 Å². The quantitative estimate of drug-likeness (QED) is 0.178. The van der Waals surface area contributed by atoms with Crippen molar-refractivity contribution in [1.29, 1.82) is 0 Å². The zero-order valence-electron chi connectivity index (χ0n) is 33.6. The van der Waals surface area contributed by atoms with Crippen LogP contribution in [0.5, 0.6) is 0 Å². The van der Waals surface area contributed by atoms with Crippen molar-refractivity contribution in [1.82, 2.24) is 9.97 Å². The molecule has 0 saturated heterocycles. The minimum atomic E-state index is -0.546. The van der Waals surface area contributed by atoms with Crippen LogP contribution in [0.4, 0.5) is 0 Å². The van der Waals surface area contributed by atoms with E-state index >= 15 is 0 Å². The van der Waals surface area contributed by atoms with Gasteiger partial charge in [0.1, 0.15) is 11.2 Å². The minimum Gasteiger partial charge on any atom is -0.456 e. The normalized spacial score (nSPS) is 13.0. The summed E-state index contributed by atoms with van der Waals surface area (Å²) in [5, 5.41) is 2.17. The predicted octanol–water partition coefficient (Wildman–Crippen LogP) is 15.1. The summed E-state index contributed by atoms with van der Waals surface area (Å²) in [5.41, 5.74) is 20.6. The molecule has 1 spiro atoms. The lowest BCUT2D eigenvalue weighted by molar-refractivity contribution is 0.669. The van der Waals surface area contributed by atoms with Gasteiger partial charge in [-0.25, -0.2) is 9.97 Å². The molecule has 0 bridgehead atoms. The van der Waals surface area contributed by atoms with E-state index in [2.05, 4.69) is 206 Å². The van der Waals surface area contributed by atoms with Gasteiger partial charge in [-0.15, -0.1) is 0 Å². The average Bonchev–Trinajstić information content (AvgIpc) is 3.84. The Kier molecular flexibility index (Phi) is 7.52. The molecule has 0 radical (unpaired) electrons. The van der Waals surface area contributed by atoms with E-state index in [1.165, 1.54) is 55.6 Å². The highest BCUT2D eigenvalue weighted by Gasteiger charge is 2.49. The predicted molar refractivity (Wildman–Crippen MR) is 253 cm³/mol. The maximum atomic E-state index is 6.40. The van der Waals surface area contributed by atoms with Crippen molar-refractivity contribution in [3.63, 3.8) is 0 Å². The third-order valence-corrected chi connectivity index (χ3v) is 13.2. The molecule has 0 fully saturated rings. The second kappa shape index (κ2) is 13.4. The summed E-state index contributed by atoms with van der Waals surface area (Å²) in [5.74, 6) is 0.639. The van der Waals surface area contributed by atoms with E-state index in [9.17, 15) is 0 Å². The second-order valence-electron chi connectivity index (χ2n) is 16.4. The fourth-order valence-electron chi connectivity index (χ4n) is 10.5. The van der Waals surface area contributed by atoms with E-state index in [0.29, 0.717) is 5.82 Å². The highest BCUT2D eigenvalue weighted by molar-refractivity contribution is 6.06. The van der Waals surface area contributed by atoms with Gasteiger partial charge in [-0.05, 0) is 97.1 Å². The molecule has 11 aromatic rings. The Hall–Kier alpha value is -8.14. The Bertz CT molecular complexity index is 3550. The van der Waals surface area contributed by atoms with Crippen molar-refractivity contribution >= 4 is 21.9 Å². The third kappa shape index (κ3) is 5.00. The molecule has 2 aliphatic carbocycles. The first-order valence-corrected chi connectivity index (χ1v) is 21.2. The standard InChI is InChI=1S/C59H36N2O/c1-2-16-37(17-3-1)40-18-4-7-24-46(40)55-36-54(60-58(61-55)39-30-32-48-47-25-11-15-29-56(47)62-57(48)35-39)38-31-33-53-49(34-38)42-20-6-5-19-41(42)43-21-8-12-26-50(43)59(53)51-27-13-9-22-44(51)45-23-10-14-28-52(45)59/h1-36H. The van der Waals surface area contributed by atoms with Gasteiger partial charge in [0.15, 0.2) is 5.82 Å². The number of aromatic nitrogens is 2. The van der Waals surface area contributed by atoms with Crippen molar-refractivity contribution in [2.45, 2.75) is 5.41 Å². The Balaban J connectivity index is 1.08. The molecule has 13 rings (SSSR count). The number of hydrogen-bond donors (Lipinski definition) is 0. The summed E-state index contributed by atoms with van der Waals surface area (Å²) in [6.07, 6.45) is 0. The molecule has 9 aromatic carbocycles. The van der Waals surface area contributed by atoms with Crippen molar-refractivity contribution < 1.29 is 4.42 Å². The monoisotopic (exact) mass is 788 g/mol. The summed E-state index contributed by atoms with van der Waals surface area (Å²) in [6, 6.07) is 78.8. The number of rotatable bonds is 4. The van der Waals surface area contributed by atoms with Gasteiger partial charge in [0.25, 0.3) is 0 Å². The van der Waals surface area contributed by atoms with Crippen molar-refractivity contribution in [2.24, 2.45) is 0 Å². The minimum absolute atomic E-state index is 0.546. The van der Waals surface area contributed by atoms with E-state index in [4.69, 9.17) is 14.4 Å². The largest absolute Gasteiger partial charge is 0.456 e. The molecule has 0 saturated carbocycles. The number of fused-ring (bicyclic) bond motifs is 15. The Morgan fingerprint density at radius 3 is 1.50 bits per heavy atom. The first-order chi connectivity index (χ1) is 30.7. The van der Waals surface area contributed by atoms with Gasteiger partial charge in [-0.2, -0.15) is 0 Å². The van der Waals surface area contributed by atoms with Crippen LogP contribution < -0.4 is 0 Å². The van der Waals surface area contributed by atoms with Crippen molar-refractivity contribution in [3.05, 3.63) is 241 Å². The van der Waals surface area contributed by atoms with E-state index in [1.807, 2.05) is 12.1 Å². The van der Waals surface area contributed by atoms with Crippen LogP contribution in [0, 0.1) is 0 Å². The number of nitrogens with zero attached hydrogens (tertiary/aromatic N) is 2. The maximum absolute atomic E-state index is 6.40. The Morgan fingerprint density at radius 1 is 0.290 bits per heavy atom. The van der Waals surface area contributed by atoms with E-state index in [0.717, 1.165) is 61.1 Å². The molecule has 0 unspecified atom stereocenters. The van der Waals surface area contributed by atoms with E-state index < -0.39 is 5.41 Å². The first kappa shape index (κ1) is 34.7. The number of hydrogen-bond acceptors (Lipinski definition) is 3. The first-order valence-electron chi connectivity index (χ1n) is 21.2. The molecule has 0 aliphatic heterocycles. The average molecular weight is 789 g/mol. The van der Waals surface area contributed by atoms with Gasteiger partial charge in [0, 0.05) is 27.5 Å². The summed E-state index contributed by atoms with van der Waals surface area (Å²) in [4.78, 5) is 10.8. The molecule has 3 nitrogen and oxygen atoms in total. The smallest absolute Gasteiger partial charge is 0.160 e. The molecule has 2 heterocycles. The van der Waals surface area contributed by atoms with E-state index in [-0.39, 0.29) is 0 Å². The molecule has 2 aromatic heterocycles. The van der Waals surface area contributed by atoms with Crippen LogP contribution in [0.15, 0.2) is 223 Å². The molecular weight excluding hydrogens is 753 g/mol. The number of para-hydroxylation sites is 1. The van der Waals surface area contributed by atoms with Crippen LogP contribution in [0.2, 0.25) is 0 Å². The van der Waals surface area contributed by atoms with Gasteiger partial charge < -0.3 is 4.42 Å². The summed E-state index contributed by atoms with van der Waals surface area (Å²) in [7, 11) is 0. The van der Waals surface area contributed by atoms with Crippen molar-refractivity contribution in [3.8, 4) is 78.4 Å². The van der Waals surface area contributed by atoms with Crippen molar-refractivity contribution in [2.75, 3.05) is 0 Å². The van der Waals surface area contributed by atoms with Gasteiger partial charge in [-0.1, -0.05) is 188 Å². The lowest BCUT2D eigenvalue weighted by Crippen LogP contribution is -2.29. The molecular formula is C59H36N2O. The number of benzene rings is 9. The maximum Gasteiger partial charge on any atom is 0.160 e. The highest BCUT2D eigenvalue weighted by atomic mass is 16.3. The van der Waals surface area contributed by atoms with Crippen LogP contribution >= 0.6 is 0 Å². The Morgan fingerprint density at radius 2 is 0.790 bits per heavy atom. The van der Waals surface area contributed by atoms with Gasteiger partial charge in [-0.3, -0.25) is 0 Å². The van der Waals surface area contributed by atoms with Gasteiger partial charge in [0.05, 0.1) is 16.8 Å². The number of furan rings is 1. The summed E-state index contributed by atoms with van der Waals surface area (Å²) < 4.78 is 6.40. The van der Waals surface area contributed by atoms with Crippen LogP contribution in [0.1, 0.15) is 22.3 Å². The lowest BCUT2D eigenvalue weighted by Gasteiger charge is -2.35. The summed E-state index contributed by atoms with van der Waals surface area (Å²) in [6.45, 7) is 0. The molecule has 0 amide bonds. The van der Waals surface area contributed by atoms with Crippen LogP contribution in [0.25, 0.3) is 100 Å². The van der Waals surface area contributed by atoms with Gasteiger partial charge in [0.2, 0.25) is 0 Å². The topological polar surface area (TPSA) is 38.9 Å². The molecule has 62 heavy (non-hydrogen) atoms. The zero-order valence-corrected chi connectivity index (χ0v) is 33.6. The Labute approximate surface area is 359 Å². The molecule has 2 aliphatic rings. The van der Waals surface area contributed by atoms with Crippen LogP contribution in [-0.4, -0.2) is 9.97 Å². The lowest BCUT2D eigenvalue weighted by atomic mass is 9.66. The molecule has 288 valence electrons. The zero-order chi connectivity index (χ0) is 40.8. The van der Waals surface area contributed by atoms with Crippen LogP contribution in [0.3, 0.4) is 0 Å². The molecule has 0 N–H and O–H groups in total. The third-order valence-electron chi connectivity index (χ3n) is 13.2. The fraction of sp³-hybridized carbons (Fsp3) is 0.0169. The van der Waals surface area contributed by atoms with Crippen LogP contribution in [-0.2, 0) is 5.41 Å². The highest BCUT2D eigenvalue weighted by Crippen LogP contribution is 2.61. The molecule has 3 heteroatoms.